The van der Waals surface area contributed by atoms with Gasteiger partial charge in [-0.2, -0.15) is 0 Å². The summed E-state index contributed by atoms with van der Waals surface area (Å²) in [6, 6.07) is 10.0. The molecule has 0 unspecified atom stereocenters. The van der Waals surface area contributed by atoms with Crippen molar-refractivity contribution < 1.29 is 14.2 Å². The van der Waals surface area contributed by atoms with Gasteiger partial charge in [0.2, 0.25) is 6.79 Å². The van der Waals surface area contributed by atoms with E-state index in [1.165, 1.54) is 0 Å². The average Bonchev–Trinajstić information content (AvgIpc) is 2.72. The molecule has 0 bridgehead atoms. The number of benzene rings is 1. The zero-order valence-electron chi connectivity index (χ0n) is 7.81. The van der Waals surface area contributed by atoms with E-state index in [1.807, 2.05) is 30.3 Å². The Morgan fingerprint density at radius 3 is 2.71 bits per heavy atom. The lowest BCUT2D eigenvalue weighted by molar-refractivity contribution is 0.0506. The van der Waals surface area contributed by atoms with Crippen LogP contribution in [0.4, 0.5) is 0 Å². The molecule has 1 aromatic carbocycles. The Morgan fingerprint density at radius 2 is 2.00 bits per heavy atom. The fraction of sp³-hybridized carbons (Fsp3) is 0.273. The van der Waals surface area contributed by atoms with Gasteiger partial charge in [-0.05, 0) is 5.56 Å². The van der Waals surface area contributed by atoms with Crippen LogP contribution in [0.2, 0.25) is 0 Å². The van der Waals surface area contributed by atoms with Gasteiger partial charge in [0.15, 0.2) is 5.76 Å². The van der Waals surface area contributed by atoms with Crippen molar-refractivity contribution >= 4 is 0 Å². The molecule has 1 aliphatic heterocycles. The minimum absolute atomic E-state index is 0.310. The molecule has 74 valence electrons. The Bertz CT molecular complexity index is 306. The molecule has 0 saturated heterocycles. The second-order valence-corrected chi connectivity index (χ2v) is 2.99. The van der Waals surface area contributed by atoms with Crippen molar-refractivity contribution in [3.05, 3.63) is 47.9 Å². The Morgan fingerprint density at radius 1 is 1.14 bits per heavy atom. The molecular weight excluding hydrogens is 180 g/mol. The number of ether oxygens (including phenoxy) is 3. The fourth-order valence-electron chi connectivity index (χ4n) is 1.19. The first-order valence-electron chi connectivity index (χ1n) is 4.50. The third-order valence-corrected chi connectivity index (χ3v) is 1.88. The molecule has 14 heavy (non-hydrogen) atoms. The van der Waals surface area contributed by atoms with E-state index in [2.05, 4.69) is 0 Å². The van der Waals surface area contributed by atoms with Crippen LogP contribution in [0, 0.1) is 0 Å². The fourth-order valence-corrected chi connectivity index (χ4v) is 1.19. The zero-order chi connectivity index (χ0) is 9.64. The van der Waals surface area contributed by atoms with Crippen LogP contribution >= 0.6 is 0 Å². The van der Waals surface area contributed by atoms with Crippen LogP contribution in [0.3, 0.4) is 0 Å². The lowest BCUT2D eigenvalue weighted by atomic mass is 10.2. The van der Waals surface area contributed by atoms with Gasteiger partial charge in [0.1, 0.15) is 12.9 Å². The molecule has 0 radical (unpaired) electrons. The summed E-state index contributed by atoms with van der Waals surface area (Å²) in [5, 5.41) is 0. The number of hydrogen-bond acceptors (Lipinski definition) is 3. The van der Waals surface area contributed by atoms with E-state index in [9.17, 15) is 0 Å². The van der Waals surface area contributed by atoms with Gasteiger partial charge in [-0.1, -0.05) is 30.3 Å². The van der Waals surface area contributed by atoms with E-state index in [0.29, 0.717) is 20.0 Å². The summed E-state index contributed by atoms with van der Waals surface area (Å²) in [5.41, 5.74) is 1.16. The molecule has 0 saturated carbocycles. The predicted octanol–water partition coefficient (Wildman–Crippen LogP) is 2.05. The average molecular weight is 192 g/mol. The highest BCUT2D eigenvalue weighted by atomic mass is 16.7. The van der Waals surface area contributed by atoms with Crippen LogP contribution < -0.4 is 0 Å². The molecule has 0 N–H and O–H groups in total. The molecule has 1 heterocycles. The summed E-state index contributed by atoms with van der Waals surface area (Å²) in [4.78, 5) is 0. The monoisotopic (exact) mass is 192 g/mol. The van der Waals surface area contributed by atoms with Crippen LogP contribution in [-0.4, -0.2) is 13.4 Å². The standard InChI is InChI=1S/C11H12O3/c1-2-4-10(5-3-1)6-12-7-11-8-13-9-14-11/h1-5,8H,6-7,9H2. The van der Waals surface area contributed by atoms with Gasteiger partial charge in [0, 0.05) is 0 Å². The highest BCUT2D eigenvalue weighted by Crippen LogP contribution is 2.08. The van der Waals surface area contributed by atoms with Crippen molar-refractivity contribution in [1.82, 2.24) is 0 Å². The second kappa shape index (κ2) is 4.67. The summed E-state index contributed by atoms with van der Waals surface area (Å²) in [7, 11) is 0. The van der Waals surface area contributed by atoms with Crippen LogP contribution in [0.15, 0.2) is 42.4 Å². The molecule has 3 nitrogen and oxygen atoms in total. The van der Waals surface area contributed by atoms with E-state index >= 15 is 0 Å². The smallest absolute Gasteiger partial charge is 0.229 e. The van der Waals surface area contributed by atoms with Gasteiger partial charge in [-0.3, -0.25) is 0 Å². The normalized spacial score (nSPS) is 14.4. The van der Waals surface area contributed by atoms with Crippen molar-refractivity contribution in [2.75, 3.05) is 13.4 Å². The molecule has 0 aliphatic carbocycles. The first kappa shape index (κ1) is 9.09. The summed E-state index contributed by atoms with van der Waals surface area (Å²) in [6.07, 6.45) is 1.59. The molecule has 0 atom stereocenters. The summed E-state index contributed by atoms with van der Waals surface area (Å²) in [5.74, 6) is 0.751. The lowest BCUT2D eigenvalue weighted by Gasteiger charge is -2.03. The van der Waals surface area contributed by atoms with Crippen LogP contribution in [0.1, 0.15) is 5.56 Å². The molecule has 0 fully saturated rings. The van der Waals surface area contributed by atoms with Crippen molar-refractivity contribution in [1.29, 1.82) is 0 Å². The molecule has 0 amide bonds. The summed E-state index contributed by atoms with van der Waals surface area (Å²) >= 11 is 0. The molecule has 3 heteroatoms. The van der Waals surface area contributed by atoms with E-state index in [0.717, 1.165) is 11.3 Å². The van der Waals surface area contributed by atoms with E-state index in [1.54, 1.807) is 6.26 Å². The maximum Gasteiger partial charge on any atom is 0.229 e. The first-order chi connectivity index (χ1) is 6.95. The van der Waals surface area contributed by atoms with Crippen molar-refractivity contribution in [2.45, 2.75) is 6.61 Å². The maximum atomic E-state index is 5.43. The highest BCUT2D eigenvalue weighted by Gasteiger charge is 2.05. The molecule has 0 aromatic heterocycles. The number of rotatable bonds is 4. The predicted molar refractivity (Wildman–Crippen MR) is 51.2 cm³/mol. The van der Waals surface area contributed by atoms with E-state index in [-0.39, 0.29) is 0 Å². The van der Waals surface area contributed by atoms with Crippen molar-refractivity contribution in [3.63, 3.8) is 0 Å². The van der Waals surface area contributed by atoms with Gasteiger partial charge in [-0.25, -0.2) is 0 Å². The minimum Gasteiger partial charge on any atom is -0.462 e. The number of hydrogen-bond donors (Lipinski definition) is 0. The minimum atomic E-state index is 0.310. The SMILES string of the molecule is C1=C(COCc2ccccc2)OCO1. The van der Waals surface area contributed by atoms with E-state index in [4.69, 9.17) is 14.2 Å². The van der Waals surface area contributed by atoms with Crippen LogP contribution in [0.25, 0.3) is 0 Å². The van der Waals surface area contributed by atoms with Crippen LogP contribution in [-0.2, 0) is 20.8 Å². The van der Waals surface area contributed by atoms with Crippen molar-refractivity contribution in [2.24, 2.45) is 0 Å². The molecule has 0 spiro atoms. The van der Waals surface area contributed by atoms with Gasteiger partial charge in [0.25, 0.3) is 0 Å². The topological polar surface area (TPSA) is 27.7 Å². The third kappa shape index (κ3) is 2.50. The van der Waals surface area contributed by atoms with Gasteiger partial charge < -0.3 is 14.2 Å². The second-order valence-electron chi connectivity index (χ2n) is 2.99. The van der Waals surface area contributed by atoms with Gasteiger partial charge in [-0.15, -0.1) is 0 Å². The molecule has 2 rings (SSSR count). The Kier molecular flexibility index (Phi) is 3.03. The lowest BCUT2D eigenvalue weighted by Crippen LogP contribution is -1.99. The molecular formula is C11H12O3. The molecule has 1 aliphatic rings. The largest absolute Gasteiger partial charge is 0.462 e. The Balaban J connectivity index is 1.73. The Labute approximate surface area is 82.9 Å². The third-order valence-electron chi connectivity index (χ3n) is 1.88. The van der Waals surface area contributed by atoms with Gasteiger partial charge in [0.05, 0.1) is 6.61 Å². The Hall–Kier alpha value is -1.48. The quantitative estimate of drug-likeness (QED) is 0.730. The van der Waals surface area contributed by atoms with Gasteiger partial charge >= 0.3 is 0 Å². The van der Waals surface area contributed by atoms with Crippen LogP contribution in [0.5, 0.6) is 0 Å². The van der Waals surface area contributed by atoms with E-state index < -0.39 is 0 Å². The first-order valence-corrected chi connectivity index (χ1v) is 4.50. The zero-order valence-corrected chi connectivity index (χ0v) is 7.81. The summed E-state index contributed by atoms with van der Waals surface area (Å²) < 4.78 is 15.4. The summed E-state index contributed by atoms with van der Waals surface area (Å²) in [6.45, 7) is 1.38. The maximum absolute atomic E-state index is 5.43. The molecule has 1 aromatic rings. The van der Waals surface area contributed by atoms with Crippen molar-refractivity contribution in [3.8, 4) is 0 Å². The highest BCUT2D eigenvalue weighted by molar-refractivity contribution is 5.13.